The molecular weight excluding hydrogens is 404 g/mol. The maximum Gasteiger partial charge on any atom is 0.305 e. The highest BCUT2D eigenvalue weighted by Crippen LogP contribution is 2.32. The Morgan fingerprint density at radius 2 is 1.81 bits per heavy atom. The summed E-state index contributed by atoms with van der Waals surface area (Å²) in [5.41, 5.74) is 4.92. The predicted molar refractivity (Wildman–Crippen MR) is 124 cm³/mol. The van der Waals surface area contributed by atoms with Crippen LogP contribution in [0, 0.1) is 0 Å². The minimum Gasteiger partial charge on any atom is -0.497 e. The van der Waals surface area contributed by atoms with Gasteiger partial charge in [0, 0.05) is 42.5 Å². The van der Waals surface area contributed by atoms with Gasteiger partial charge in [0.15, 0.2) is 0 Å². The number of hydrogen-bond acceptors (Lipinski definition) is 4. The number of carbonyl (C=O) groups is 2. The van der Waals surface area contributed by atoms with Gasteiger partial charge in [-0.15, -0.1) is 0 Å². The molecule has 0 saturated carbocycles. The van der Waals surface area contributed by atoms with Gasteiger partial charge in [-0.25, -0.2) is 0 Å². The molecule has 4 rings (SSSR count). The SMILES string of the molecule is COC(=O)CCCCC(=O)N1CCc2c(n(Cc3cccc(OC)c3)c3ccccc23)C1. The molecule has 2 aromatic carbocycles. The molecule has 0 spiro atoms. The van der Waals surface area contributed by atoms with Gasteiger partial charge in [0.1, 0.15) is 5.75 Å². The van der Waals surface area contributed by atoms with Crippen molar-refractivity contribution in [2.75, 3.05) is 20.8 Å². The summed E-state index contributed by atoms with van der Waals surface area (Å²) in [4.78, 5) is 26.1. The molecule has 1 aliphatic heterocycles. The molecule has 2 heterocycles. The Balaban J connectivity index is 1.54. The summed E-state index contributed by atoms with van der Waals surface area (Å²) in [7, 11) is 3.07. The summed E-state index contributed by atoms with van der Waals surface area (Å²) < 4.78 is 12.4. The van der Waals surface area contributed by atoms with Crippen molar-refractivity contribution in [1.82, 2.24) is 9.47 Å². The van der Waals surface area contributed by atoms with E-state index in [0.717, 1.165) is 25.3 Å². The van der Waals surface area contributed by atoms with Crippen LogP contribution in [-0.2, 0) is 33.8 Å². The quantitative estimate of drug-likeness (QED) is 0.391. The van der Waals surface area contributed by atoms with E-state index in [0.29, 0.717) is 32.2 Å². The summed E-state index contributed by atoms with van der Waals surface area (Å²) >= 11 is 0. The largest absolute Gasteiger partial charge is 0.497 e. The van der Waals surface area contributed by atoms with E-state index in [2.05, 4.69) is 45.7 Å². The van der Waals surface area contributed by atoms with Crippen LogP contribution in [0.25, 0.3) is 10.9 Å². The van der Waals surface area contributed by atoms with Crippen LogP contribution in [-0.4, -0.2) is 42.1 Å². The highest BCUT2D eigenvalue weighted by Gasteiger charge is 2.26. The first-order chi connectivity index (χ1) is 15.6. The normalized spacial score (nSPS) is 13.1. The molecular formula is C26H30N2O4. The molecule has 1 amide bonds. The van der Waals surface area contributed by atoms with Crippen molar-refractivity contribution in [3.05, 3.63) is 65.4 Å². The second kappa shape index (κ2) is 9.90. The Morgan fingerprint density at radius 1 is 1.00 bits per heavy atom. The molecule has 0 saturated heterocycles. The summed E-state index contributed by atoms with van der Waals surface area (Å²) in [6, 6.07) is 16.6. The first-order valence-electron chi connectivity index (χ1n) is 11.2. The number of amides is 1. The number of unbranched alkanes of at least 4 members (excludes halogenated alkanes) is 1. The molecule has 1 aliphatic rings. The number of ether oxygens (including phenoxy) is 2. The Morgan fingerprint density at radius 3 is 2.62 bits per heavy atom. The van der Waals surface area contributed by atoms with Crippen LogP contribution in [0.5, 0.6) is 5.75 Å². The van der Waals surface area contributed by atoms with Crippen LogP contribution in [0.15, 0.2) is 48.5 Å². The third-order valence-corrected chi connectivity index (χ3v) is 6.24. The number of carbonyl (C=O) groups excluding carboxylic acids is 2. The topological polar surface area (TPSA) is 60.8 Å². The standard InChI is InChI=1S/C26H30N2O4/c1-31-20-9-7-8-19(16-20)17-28-23-11-4-3-10-21(23)22-14-15-27(18-24(22)28)25(29)12-5-6-13-26(30)32-2/h3-4,7-11,16H,5-6,12-15,17-18H2,1-2H3. The third-order valence-electron chi connectivity index (χ3n) is 6.24. The maximum atomic E-state index is 12.9. The predicted octanol–water partition coefficient (Wildman–Crippen LogP) is 4.32. The van der Waals surface area contributed by atoms with Gasteiger partial charge in [-0.3, -0.25) is 9.59 Å². The van der Waals surface area contributed by atoms with Crippen LogP contribution < -0.4 is 4.74 Å². The van der Waals surface area contributed by atoms with E-state index in [9.17, 15) is 9.59 Å². The number of fused-ring (bicyclic) bond motifs is 3. The summed E-state index contributed by atoms with van der Waals surface area (Å²) in [6.45, 7) is 2.08. The van der Waals surface area contributed by atoms with E-state index >= 15 is 0 Å². The fourth-order valence-corrected chi connectivity index (χ4v) is 4.55. The smallest absolute Gasteiger partial charge is 0.305 e. The molecule has 0 atom stereocenters. The number of methoxy groups -OCH3 is 2. The minimum absolute atomic E-state index is 0.152. The van der Waals surface area contributed by atoms with Crippen molar-refractivity contribution < 1.29 is 19.1 Å². The number of esters is 1. The van der Waals surface area contributed by atoms with Gasteiger partial charge in [0.25, 0.3) is 0 Å². The fraction of sp³-hybridized carbons (Fsp3) is 0.385. The monoisotopic (exact) mass is 434 g/mol. The van der Waals surface area contributed by atoms with E-state index in [1.165, 1.54) is 34.8 Å². The molecule has 6 nitrogen and oxygen atoms in total. The first-order valence-corrected chi connectivity index (χ1v) is 11.2. The molecule has 0 radical (unpaired) electrons. The Kier molecular flexibility index (Phi) is 6.78. The highest BCUT2D eigenvalue weighted by atomic mass is 16.5. The lowest BCUT2D eigenvalue weighted by Crippen LogP contribution is -2.36. The van der Waals surface area contributed by atoms with Crippen molar-refractivity contribution >= 4 is 22.8 Å². The van der Waals surface area contributed by atoms with Crippen LogP contribution in [0.2, 0.25) is 0 Å². The molecule has 0 aliphatic carbocycles. The molecule has 168 valence electrons. The number of aromatic nitrogens is 1. The average Bonchev–Trinajstić information content (AvgIpc) is 3.14. The van der Waals surface area contributed by atoms with E-state index in [4.69, 9.17) is 4.74 Å². The lowest BCUT2D eigenvalue weighted by molar-refractivity contribution is -0.141. The van der Waals surface area contributed by atoms with Gasteiger partial charge in [0.05, 0.1) is 20.8 Å². The third kappa shape index (κ3) is 4.64. The van der Waals surface area contributed by atoms with Gasteiger partial charge in [0.2, 0.25) is 5.91 Å². The number of hydrogen-bond donors (Lipinski definition) is 0. The Hall–Kier alpha value is -3.28. The van der Waals surface area contributed by atoms with Gasteiger partial charge in [-0.2, -0.15) is 0 Å². The van der Waals surface area contributed by atoms with E-state index in [-0.39, 0.29) is 11.9 Å². The van der Waals surface area contributed by atoms with Crippen LogP contribution in [0.3, 0.4) is 0 Å². The van der Waals surface area contributed by atoms with Crippen LogP contribution >= 0.6 is 0 Å². The summed E-state index contributed by atoms with van der Waals surface area (Å²) in [5.74, 6) is 0.775. The molecule has 0 bridgehead atoms. The zero-order valence-electron chi connectivity index (χ0n) is 18.8. The molecule has 0 unspecified atom stereocenters. The highest BCUT2D eigenvalue weighted by molar-refractivity contribution is 5.86. The van der Waals surface area contributed by atoms with E-state index < -0.39 is 0 Å². The lowest BCUT2D eigenvalue weighted by atomic mass is 10.0. The van der Waals surface area contributed by atoms with Gasteiger partial charge in [-0.05, 0) is 48.6 Å². The summed E-state index contributed by atoms with van der Waals surface area (Å²) in [6.07, 6.45) is 3.05. The van der Waals surface area contributed by atoms with Crippen molar-refractivity contribution in [2.45, 2.75) is 45.2 Å². The van der Waals surface area contributed by atoms with Crippen LogP contribution in [0.1, 0.15) is 42.5 Å². The number of benzene rings is 2. The van der Waals surface area contributed by atoms with Crippen molar-refractivity contribution in [3.8, 4) is 5.75 Å². The van der Waals surface area contributed by atoms with Crippen molar-refractivity contribution in [1.29, 1.82) is 0 Å². The Bertz CT molecular complexity index is 1120. The summed E-state index contributed by atoms with van der Waals surface area (Å²) in [5, 5.41) is 1.27. The zero-order valence-corrected chi connectivity index (χ0v) is 18.8. The molecule has 1 aromatic heterocycles. The van der Waals surface area contributed by atoms with Gasteiger partial charge >= 0.3 is 5.97 Å². The first kappa shape index (κ1) is 21.9. The lowest BCUT2D eigenvalue weighted by Gasteiger charge is -2.29. The number of nitrogens with zero attached hydrogens (tertiary/aromatic N) is 2. The van der Waals surface area contributed by atoms with E-state index in [1.807, 2.05) is 17.0 Å². The Labute approximate surface area is 188 Å². The maximum absolute atomic E-state index is 12.9. The number of para-hydroxylation sites is 1. The van der Waals surface area contributed by atoms with Crippen molar-refractivity contribution in [3.63, 3.8) is 0 Å². The second-order valence-corrected chi connectivity index (χ2v) is 8.23. The molecule has 0 fully saturated rings. The van der Waals surface area contributed by atoms with Gasteiger partial charge < -0.3 is 18.9 Å². The zero-order chi connectivity index (χ0) is 22.5. The van der Waals surface area contributed by atoms with E-state index in [1.54, 1.807) is 7.11 Å². The number of rotatable bonds is 8. The fourth-order valence-electron chi connectivity index (χ4n) is 4.55. The molecule has 0 N–H and O–H groups in total. The average molecular weight is 435 g/mol. The van der Waals surface area contributed by atoms with Crippen molar-refractivity contribution in [2.24, 2.45) is 0 Å². The molecule has 32 heavy (non-hydrogen) atoms. The second-order valence-electron chi connectivity index (χ2n) is 8.23. The molecule has 3 aromatic rings. The minimum atomic E-state index is -0.220. The van der Waals surface area contributed by atoms with Gasteiger partial charge in [-0.1, -0.05) is 30.3 Å². The molecule has 6 heteroatoms. The van der Waals surface area contributed by atoms with Crippen LogP contribution in [0.4, 0.5) is 0 Å².